The molecule has 0 saturated carbocycles. The van der Waals surface area contributed by atoms with Crippen molar-refractivity contribution < 1.29 is 4.57 Å². The molecule has 0 spiro atoms. The zero-order valence-corrected chi connectivity index (χ0v) is 17.0. The van der Waals surface area contributed by atoms with Crippen molar-refractivity contribution in [2.45, 2.75) is 47.5 Å². The fourth-order valence-electron chi connectivity index (χ4n) is 4.59. The summed E-state index contributed by atoms with van der Waals surface area (Å²) in [5, 5.41) is 2.76. The third-order valence-corrected chi connectivity index (χ3v) is 6.03. The van der Waals surface area contributed by atoms with Crippen LogP contribution in [0.25, 0.3) is 21.9 Å². The molecule has 0 unspecified atom stereocenters. The van der Waals surface area contributed by atoms with Gasteiger partial charge in [-0.25, -0.2) is 4.57 Å². The number of hydrogen-bond acceptors (Lipinski definition) is 0. The molecule has 2 aromatic carbocycles. The van der Waals surface area contributed by atoms with Crippen molar-refractivity contribution in [2.24, 2.45) is 7.05 Å². The minimum absolute atomic E-state index is 0.516. The van der Waals surface area contributed by atoms with Gasteiger partial charge in [0.2, 0.25) is 5.69 Å². The van der Waals surface area contributed by atoms with E-state index in [1.165, 1.54) is 61.0 Å². The summed E-state index contributed by atoms with van der Waals surface area (Å²) in [7, 11) is 2.18. The van der Waals surface area contributed by atoms with Crippen molar-refractivity contribution in [3.8, 4) is 0 Å². The summed E-state index contributed by atoms with van der Waals surface area (Å²) < 4.78 is 2.30. The van der Waals surface area contributed by atoms with Crippen molar-refractivity contribution in [2.75, 3.05) is 0 Å². The van der Waals surface area contributed by atoms with Crippen molar-refractivity contribution in [3.05, 3.63) is 75.6 Å². The molecule has 1 nitrogen and oxygen atoms in total. The van der Waals surface area contributed by atoms with Crippen LogP contribution in [0, 0.1) is 20.8 Å². The summed E-state index contributed by atoms with van der Waals surface area (Å²) >= 11 is 0. The Morgan fingerprint density at radius 1 is 0.923 bits per heavy atom. The Labute approximate surface area is 157 Å². The van der Waals surface area contributed by atoms with Gasteiger partial charge in [-0.3, -0.25) is 0 Å². The molecule has 0 radical (unpaired) electrons. The van der Waals surface area contributed by atoms with Crippen LogP contribution in [0.5, 0.6) is 0 Å². The highest BCUT2D eigenvalue weighted by Crippen LogP contribution is 2.47. The molecule has 1 heteroatoms. The second-order valence-corrected chi connectivity index (χ2v) is 8.18. The molecule has 26 heavy (non-hydrogen) atoms. The SMILES string of the molecule is CC1=C(c2cc(C)cc(C)c2C)c2c3c1c(C(C)C)ccc3cc[n+]2C. The zero-order chi connectivity index (χ0) is 18.7. The fraction of sp³-hybridized carbons (Fsp3) is 0.320. The van der Waals surface area contributed by atoms with Crippen LogP contribution in [0.2, 0.25) is 0 Å². The zero-order valence-electron chi connectivity index (χ0n) is 17.0. The maximum atomic E-state index is 2.36. The molecule has 0 saturated heterocycles. The first kappa shape index (κ1) is 17.0. The molecule has 132 valence electrons. The number of hydrogen-bond donors (Lipinski definition) is 0. The van der Waals surface area contributed by atoms with E-state index in [4.69, 9.17) is 0 Å². The van der Waals surface area contributed by atoms with Gasteiger partial charge >= 0.3 is 0 Å². The number of aryl methyl sites for hydroxylation is 3. The first-order valence-electron chi connectivity index (χ1n) is 9.56. The molecule has 0 fully saturated rings. The maximum Gasteiger partial charge on any atom is 0.221 e. The highest BCUT2D eigenvalue weighted by Gasteiger charge is 2.33. The second-order valence-electron chi connectivity index (χ2n) is 8.18. The van der Waals surface area contributed by atoms with E-state index in [1.54, 1.807) is 0 Å². The monoisotopic (exact) mass is 342 g/mol. The molecule has 0 N–H and O–H groups in total. The van der Waals surface area contributed by atoms with Crippen LogP contribution >= 0.6 is 0 Å². The standard InChI is InChI=1S/C25H28N/c1-14(2)20-9-8-19-10-11-26(7)25-23(18(6)22(20)24(19)25)21-13-15(3)12-16(4)17(21)5/h8-14H,1-7H3/q+1. The minimum Gasteiger partial charge on any atom is -0.200 e. The van der Waals surface area contributed by atoms with Gasteiger partial charge in [0.1, 0.15) is 7.05 Å². The van der Waals surface area contributed by atoms with Gasteiger partial charge < -0.3 is 0 Å². The van der Waals surface area contributed by atoms with Crippen molar-refractivity contribution in [1.82, 2.24) is 0 Å². The van der Waals surface area contributed by atoms with Gasteiger partial charge in [0, 0.05) is 6.07 Å². The third-order valence-electron chi connectivity index (χ3n) is 6.03. The molecule has 0 atom stereocenters. The predicted molar refractivity (Wildman–Crippen MR) is 111 cm³/mol. The van der Waals surface area contributed by atoms with E-state index < -0.39 is 0 Å². The largest absolute Gasteiger partial charge is 0.221 e. The van der Waals surface area contributed by atoms with Crippen molar-refractivity contribution in [3.63, 3.8) is 0 Å². The van der Waals surface area contributed by atoms with Gasteiger partial charge in [0.05, 0.1) is 11.0 Å². The van der Waals surface area contributed by atoms with Gasteiger partial charge in [-0.05, 0) is 72.4 Å². The van der Waals surface area contributed by atoms with Crippen LogP contribution in [-0.4, -0.2) is 0 Å². The lowest BCUT2D eigenvalue weighted by atomic mass is 9.90. The summed E-state index contributed by atoms with van der Waals surface area (Å²) in [6.45, 7) is 13.6. The predicted octanol–water partition coefficient (Wildman–Crippen LogP) is 6.01. The number of pyridine rings is 1. The summed E-state index contributed by atoms with van der Waals surface area (Å²) in [5.41, 5.74) is 12.6. The first-order valence-corrected chi connectivity index (χ1v) is 9.56. The lowest BCUT2D eigenvalue weighted by Gasteiger charge is -2.14. The highest BCUT2D eigenvalue weighted by atomic mass is 14.9. The molecule has 0 amide bonds. The minimum atomic E-state index is 0.516. The van der Waals surface area contributed by atoms with Crippen LogP contribution in [-0.2, 0) is 7.05 Å². The second kappa shape index (κ2) is 5.81. The number of benzene rings is 2. The summed E-state index contributed by atoms with van der Waals surface area (Å²) in [5.74, 6) is 0.516. The molecule has 1 heterocycles. The van der Waals surface area contributed by atoms with Gasteiger partial charge in [-0.2, -0.15) is 0 Å². The molecule has 4 rings (SSSR count). The van der Waals surface area contributed by atoms with E-state index in [1.807, 2.05) is 0 Å². The van der Waals surface area contributed by atoms with Crippen LogP contribution in [0.4, 0.5) is 0 Å². The van der Waals surface area contributed by atoms with E-state index in [2.05, 4.69) is 89.7 Å². The quantitative estimate of drug-likeness (QED) is 0.502. The molecule has 1 aromatic heterocycles. The van der Waals surface area contributed by atoms with E-state index in [0.29, 0.717) is 5.92 Å². The van der Waals surface area contributed by atoms with E-state index in [0.717, 1.165) is 0 Å². The lowest BCUT2D eigenvalue weighted by molar-refractivity contribution is -0.672. The Kier molecular flexibility index (Phi) is 3.80. The Bertz CT molecular complexity index is 1100. The normalized spacial score (nSPS) is 13.4. The Morgan fingerprint density at radius 3 is 2.35 bits per heavy atom. The number of nitrogens with zero attached hydrogens (tertiary/aromatic N) is 1. The topological polar surface area (TPSA) is 3.88 Å². The van der Waals surface area contributed by atoms with Crippen LogP contribution in [0.3, 0.4) is 0 Å². The van der Waals surface area contributed by atoms with Crippen LogP contribution in [0.15, 0.2) is 36.5 Å². The van der Waals surface area contributed by atoms with Gasteiger partial charge in [0.15, 0.2) is 6.20 Å². The van der Waals surface area contributed by atoms with Gasteiger partial charge in [-0.1, -0.05) is 43.7 Å². The number of aromatic nitrogens is 1. The smallest absolute Gasteiger partial charge is 0.200 e. The molecule has 0 aliphatic heterocycles. The number of rotatable bonds is 2. The average molecular weight is 343 g/mol. The summed E-state index contributed by atoms with van der Waals surface area (Å²) in [4.78, 5) is 0. The highest BCUT2D eigenvalue weighted by molar-refractivity contribution is 6.16. The van der Waals surface area contributed by atoms with E-state index >= 15 is 0 Å². The molecule has 1 aliphatic rings. The van der Waals surface area contributed by atoms with Gasteiger partial charge in [-0.15, -0.1) is 0 Å². The van der Waals surface area contributed by atoms with Crippen LogP contribution in [0.1, 0.15) is 65.8 Å². The summed E-state index contributed by atoms with van der Waals surface area (Å²) in [6, 6.07) is 11.5. The van der Waals surface area contributed by atoms with E-state index in [-0.39, 0.29) is 0 Å². The molecule has 1 aliphatic carbocycles. The summed E-state index contributed by atoms with van der Waals surface area (Å²) in [6.07, 6.45) is 2.20. The van der Waals surface area contributed by atoms with Crippen LogP contribution < -0.4 is 4.57 Å². The lowest BCUT2D eigenvalue weighted by Crippen LogP contribution is -2.32. The number of allylic oxidation sites excluding steroid dienone is 1. The third kappa shape index (κ3) is 2.26. The molecule has 0 bridgehead atoms. The Hall–Kier alpha value is -2.41. The molecular weight excluding hydrogens is 314 g/mol. The average Bonchev–Trinajstić information content (AvgIpc) is 2.89. The molecule has 3 aromatic rings. The molecular formula is C25H28N+. The first-order chi connectivity index (χ1) is 12.3. The Morgan fingerprint density at radius 2 is 1.65 bits per heavy atom. The van der Waals surface area contributed by atoms with Crippen molar-refractivity contribution >= 4 is 21.9 Å². The Balaban J connectivity index is 2.17. The van der Waals surface area contributed by atoms with Gasteiger partial charge in [0.25, 0.3) is 0 Å². The fourth-order valence-corrected chi connectivity index (χ4v) is 4.59. The van der Waals surface area contributed by atoms with E-state index in [9.17, 15) is 0 Å². The van der Waals surface area contributed by atoms with Crippen molar-refractivity contribution in [1.29, 1.82) is 0 Å². The maximum absolute atomic E-state index is 2.36.